The summed E-state index contributed by atoms with van der Waals surface area (Å²) in [5.41, 5.74) is 3.11. The van der Waals surface area contributed by atoms with E-state index in [-0.39, 0.29) is 0 Å². The van der Waals surface area contributed by atoms with Crippen molar-refractivity contribution in [3.8, 4) is 0 Å². The molecule has 0 bridgehead atoms. The second-order valence-electron chi connectivity index (χ2n) is 7.24. The summed E-state index contributed by atoms with van der Waals surface area (Å²) in [7, 11) is 6.09. The Balaban J connectivity index is 2.00. The highest BCUT2D eigenvalue weighted by Crippen LogP contribution is 2.28. The Bertz CT molecular complexity index is 520. The third kappa shape index (κ3) is 4.47. The first kappa shape index (κ1) is 16.8. The lowest BCUT2D eigenvalue weighted by Crippen LogP contribution is -2.40. The summed E-state index contributed by atoms with van der Waals surface area (Å²) in [4.78, 5) is 9.04. The van der Waals surface area contributed by atoms with Crippen LogP contribution in [0, 0.1) is 5.41 Å². The fourth-order valence-corrected chi connectivity index (χ4v) is 3.02. The van der Waals surface area contributed by atoms with Crippen LogP contribution in [0.2, 0.25) is 0 Å². The van der Waals surface area contributed by atoms with E-state index in [0.717, 1.165) is 32.1 Å². The smallest absolute Gasteiger partial charge is 0.193 e. The number of benzene rings is 1. The first-order valence-corrected chi connectivity index (χ1v) is 8.08. The van der Waals surface area contributed by atoms with Gasteiger partial charge in [-0.3, -0.25) is 4.99 Å². The molecule has 0 amide bonds. The maximum atomic E-state index is 4.46. The predicted molar refractivity (Wildman–Crippen MR) is 94.0 cm³/mol. The number of guanidine groups is 1. The monoisotopic (exact) mass is 302 g/mol. The second-order valence-corrected chi connectivity index (χ2v) is 7.24. The minimum atomic E-state index is 0.389. The van der Waals surface area contributed by atoms with Crippen LogP contribution in [-0.2, 0) is 13.1 Å². The zero-order valence-electron chi connectivity index (χ0n) is 14.7. The van der Waals surface area contributed by atoms with Gasteiger partial charge in [0.05, 0.1) is 0 Å². The van der Waals surface area contributed by atoms with E-state index >= 15 is 0 Å². The lowest BCUT2D eigenvalue weighted by molar-refractivity contribution is 0.370. The molecule has 1 heterocycles. The van der Waals surface area contributed by atoms with E-state index in [9.17, 15) is 0 Å². The van der Waals surface area contributed by atoms with E-state index in [1.54, 1.807) is 0 Å². The minimum Gasteiger partial charge on any atom is -0.352 e. The second kappa shape index (κ2) is 7.14. The number of nitrogens with one attached hydrogen (secondary N) is 1. The third-order valence-corrected chi connectivity index (χ3v) is 4.23. The highest BCUT2D eigenvalue weighted by atomic mass is 15.3. The standard InChI is InChI=1S/C18H30N4/c1-18(2)10-11-22(14-18)17(19-3)20-12-15-8-6-7-9-16(15)13-21(4)5/h6-9H,10-14H2,1-5H3,(H,19,20). The maximum absolute atomic E-state index is 4.46. The van der Waals surface area contributed by atoms with E-state index < -0.39 is 0 Å². The average molecular weight is 302 g/mol. The molecular formula is C18H30N4. The van der Waals surface area contributed by atoms with Gasteiger partial charge in [-0.1, -0.05) is 38.1 Å². The Labute approximate surface area is 135 Å². The SMILES string of the molecule is CN=C(NCc1ccccc1CN(C)C)N1CCC(C)(C)C1. The summed E-state index contributed by atoms with van der Waals surface area (Å²) in [6.07, 6.45) is 1.23. The van der Waals surface area contributed by atoms with Crippen LogP contribution in [0.5, 0.6) is 0 Å². The molecule has 1 fully saturated rings. The highest BCUT2D eigenvalue weighted by molar-refractivity contribution is 5.80. The van der Waals surface area contributed by atoms with E-state index in [1.165, 1.54) is 17.5 Å². The highest BCUT2D eigenvalue weighted by Gasteiger charge is 2.30. The largest absolute Gasteiger partial charge is 0.352 e. The van der Waals surface area contributed by atoms with Crippen molar-refractivity contribution in [2.75, 3.05) is 34.2 Å². The van der Waals surface area contributed by atoms with Gasteiger partial charge in [-0.25, -0.2) is 0 Å². The fourth-order valence-electron chi connectivity index (χ4n) is 3.02. The van der Waals surface area contributed by atoms with Crippen molar-refractivity contribution in [1.82, 2.24) is 15.1 Å². The average Bonchev–Trinajstić information content (AvgIpc) is 2.81. The van der Waals surface area contributed by atoms with Crippen molar-refractivity contribution in [3.63, 3.8) is 0 Å². The van der Waals surface area contributed by atoms with Gasteiger partial charge >= 0.3 is 0 Å². The molecule has 0 spiro atoms. The van der Waals surface area contributed by atoms with Crippen molar-refractivity contribution < 1.29 is 0 Å². The summed E-state index contributed by atoms with van der Waals surface area (Å²) < 4.78 is 0. The Morgan fingerprint density at radius 3 is 2.50 bits per heavy atom. The predicted octanol–water partition coefficient (Wildman–Crippen LogP) is 2.56. The number of hydrogen-bond donors (Lipinski definition) is 1. The molecule has 0 aromatic heterocycles. The Kier molecular flexibility index (Phi) is 5.46. The van der Waals surface area contributed by atoms with Crippen LogP contribution in [0.15, 0.2) is 29.3 Å². The number of hydrogen-bond acceptors (Lipinski definition) is 2. The van der Waals surface area contributed by atoms with Gasteiger partial charge in [0.2, 0.25) is 0 Å². The molecule has 22 heavy (non-hydrogen) atoms. The molecule has 1 aromatic carbocycles. The molecule has 1 aliphatic heterocycles. The zero-order valence-corrected chi connectivity index (χ0v) is 14.7. The summed E-state index contributed by atoms with van der Waals surface area (Å²) >= 11 is 0. The van der Waals surface area contributed by atoms with Crippen molar-refractivity contribution >= 4 is 5.96 Å². The molecule has 4 heteroatoms. The summed E-state index contributed by atoms with van der Waals surface area (Å²) in [5.74, 6) is 1.02. The van der Waals surface area contributed by atoms with Crippen molar-refractivity contribution in [1.29, 1.82) is 0 Å². The summed E-state index contributed by atoms with van der Waals surface area (Å²) in [5, 5.41) is 3.54. The van der Waals surface area contributed by atoms with Crippen LogP contribution in [-0.4, -0.2) is 50.0 Å². The van der Waals surface area contributed by atoms with Crippen LogP contribution < -0.4 is 5.32 Å². The van der Waals surface area contributed by atoms with Gasteiger partial charge in [-0.05, 0) is 37.1 Å². The van der Waals surface area contributed by atoms with E-state index in [1.807, 2.05) is 7.05 Å². The molecule has 0 unspecified atom stereocenters. The number of likely N-dealkylation sites (tertiary alicyclic amines) is 1. The minimum absolute atomic E-state index is 0.389. The molecular weight excluding hydrogens is 272 g/mol. The van der Waals surface area contributed by atoms with Crippen LogP contribution in [0.1, 0.15) is 31.4 Å². The molecule has 0 radical (unpaired) electrons. The lowest BCUT2D eigenvalue weighted by atomic mass is 9.93. The van der Waals surface area contributed by atoms with Gasteiger partial charge in [-0.2, -0.15) is 0 Å². The number of nitrogens with zero attached hydrogens (tertiary/aromatic N) is 3. The number of aliphatic imine (C=N–C) groups is 1. The molecule has 1 aromatic rings. The lowest BCUT2D eigenvalue weighted by Gasteiger charge is -2.24. The van der Waals surface area contributed by atoms with Gasteiger partial charge in [0.1, 0.15) is 0 Å². The van der Waals surface area contributed by atoms with Gasteiger partial charge in [0.15, 0.2) is 5.96 Å². The van der Waals surface area contributed by atoms with Crippen LogP contribution in [0.25, 0.3) is 0 Å². The first-order valence-electron chi connectivity index (χ1n) is 8.08. The van der Waals surface area contributed by atoms with Gasteiger partial charge in [0, 0.05) is 33.2 Å². The van der Waals surface area contributed by atoms with Gasteiger partial charge in [0.25, 0.3) is 0 Å². The van der Waals surface area contributed by atoms with Gasteiger partial charge < -0.3 is 15.1 Å². The topological polar surface area (TPSA) is 30.9 Å². The van der Waals surface area contributed by atoms with Crippen molar-refractivity contribution in [2.24, 2.45) is 10.4 Å². The van der Waals surface area contributed by atoms with Gasteiger partial charge in [-0.15, -0.1) is 0 Å². The van der Waals surface area contributed by atoms with Crippen LogP contribution in [0.3, 0.4) is 0 Å². The van der Waals surface area contributed by atoms with E-state index in [4.69, 9.17) is 0 Å². The van der Waals surface area contributed by atoms with Crippen LogP contribution in [0.4, 0.5) is 0 Å². The molecule has 4 nitrogen and oxygen atoms in total. The normalized spacial score (nSPS) is 18.1. The fraction of sp³-hybridized carbons (Fsp3) is 0.611. The zero-order chi connectivity index (χ0) is 16.2. The van der Waals surface area contributed by atoms with Crippen molar-refractivity contribution in [2.45, 2.75) is 33.4 Å². The maximum Gasteiger partial charge on any atom is 0.193 e. The van der Waals surface area contributed by atoms with Crippen molar-refractivity contribution in [3.05, 3.63) is 35.4 Å². The molecule has 0 saturated carbocycles. The molecule has 0 atom stereocenters. The van der Waals surface area contributed by atoms with E-state index in [2.05, 4.69) is 72.3 Å². The Morgan fingerprint density at radius 1 is 1.27 bits per heavy atom. The molecule has 2 rings (SSSR count). The quantitative estimate of drug-likeness (QED) is 0.685. The first-order chi connectivity index (χ1) is 10.4. The van der Waals surface area contributed by atoms with E-state index in [0.29, 0.717) is 5.41 Å². The Morgan fingerprint density at radius 2 is 1.95 bits per heavy atom. The molecule has 1 aliphatic rings. The molecule has 1 saturated heterocycles. The molecule has 1 N–H and O–H groups in total. The molecule has 122 valence electrons. The summed E-state index contributed by atoms with van der Waals surface area (Å²) in [6.45, 7) is 8.61. The third-order valence-electron chi connectivity index (χ3n) is 4.23. The summed E-state index contributed by atoms with van der Waals surface area (Å²) in [6, 6.07) is 8.63. The van der Waals surface area contributed by atoms with Crippen LogP contribution >= 0.6 is 0 Å². The number of rotatable bonds is 4. The Hall–Kier alpha value is -1.55. The molecule has 0 aliphatic carbocycles.